The number of ketones is 1. The van der Waals surface area contributed by atoms with Crippen molar-refractivity contribution >= 4 is 23.1 Å². The summed E-state index contributed by atoms with van der Waals surface area (Å²) in [7, 11) is 1.54. The van der Waals surface area contributed by atoms with E-state index in [1.54, 1.807) is 37.4 Å². The fourth-order valence-electron chi connectivity index (χ4n) is 4.78. The molecule has 3 aromatic carbocycles. The van der Waals surface area contributed by atoms with E-state index in [1.165, 1.54) is 4.90 Å². The summed E-state index contributed by atoms with van der Waals surface area (Å²) in [5.74, 6) is -0.473. The number of aliphatic hydroxyl groups is 1. The predicted octanol–water partition coefficient (Wildman–Crippen LogP) is 6.51. The number of rotatable bonds is 9. The van der Waals surface area contributed by atoms with Crippen LogP contribution in [0.4, 0.5) is 5.69 Å². The van der Waals surface area contributed by atoms with Crippen molar-refractivity contribution in [2.75, 3.05) is 18.6 Å². The van der Waals surface area contributed by atoms with Crippen molar-refractivity contribution in [3.63, 3.8) is 0 Å². The molecule has 0 radical (unpaired) electrons. The lowest BCUT2D eigenvalue weighted by Gasteiger charge is -2.27. The minimum absolute atomic E-state index is 0.0188. The fraction of sp³-hybridized carbons (Fsp3) is 0.290. The first-order valence-electron chi connectivity index (χ1n) is 12.6. The third kappa shape index (κ3) is 5.38. The van der Waals surface area contributed by atoms with Gasteiger partial charge in [-0.3, -0.25) is 14.5 Å². The van der Waals surface area contributed by atoms with E-state index < -0.39 is 17.7 Å². The molecule has 1 fully saturated rings. The fourth-order valence-corrected chi connectivity index (χ4v) is 4.78. The van der Waals surface area contributed by atoms with Gasteiger partial charge in [0.1, 0.15) is 17.3 Å². The van der Waals surface area contributed by atoms with Crippen LogP contribution in [0.1, 0.15) is 54.5 Å². The maximum absolute atomic E-state index is 13.5. The van der Waals surface area contributed by atoms with Crippen molar-refractivity contribution in [1.82, 2.24) is 0 Å². The first kappa shape index (κ1) is 26.0. The lowest BCUT2D eigenvalue weighted by Crippen LogP contribution is -2.29. The van der Waals surface area contributed by atoms with Crippen LogP contribution in [0.25, 0.3) is 5.76 Å². The zero-order valence-corrected chi connectivity index (χ0v) is 21.8. The number of amides is 1. The number of anilines is 1. The highest BCUT2D eigenvalue weighted by Crippen LogP contribution is 2.45. The number of para-hydroxylation sites is 1. The van der Waals surface area contributed by atoms with Gasteiger partial charge in [0.25, 0.3) is 11.7 Å². The number of Topliss-reactive ketones (excluding diaryl/α,β-unsaturated/α-hetero) is 1. The molecule has 3 aromatic rings. The number of hydrogen-bond acceptors (Lipinski definition) is 5. The summed E-state index contributed by atoms with van der Waals surface area (Å²) in [6, 6.07) is 19.0. The van der Waals surface area contributed by atoms with Crippen LogP contribution in [0.3, 0.4) is 0 Å². The number of nitrogens with zero attached hydrogens (tertiary/aromatic N) is 1. The average Bonchev–Trinajstić information content (AvgIpc) is 3.16. The second-order valence-corrected chi connectivity index (χ2v) is 9.34. The molecular formula is C31H33NO5. The van der Waals surface area contributed by atoms with Gasteiger partial charge in [-0.25, -0.2) is 0 Å². The Balaban J connectivity index is 1.81. The van der Waals surface area contributed by atoms with Crippen molar-refractivity contribution in [3.8, 4) is 11.5 Å². The van der Waals surface area contributed by atoms with E-state index in [9.17, 15) is 14.7 Å². The van der Waals surface area contributed by atoms with Gasteiger partial charge in [0.05, 0.1) is 25.3 Å². The molecule has 0 saturated carbocycles. The highest BCUT2D eigenvalue weighted by molar-refractivity contribution is 6.51. The molecule has 6 heteroatoms. The van der Waals surface area contributed by atoms with E-state index in [1.807, 2.05) is 50.2 Å². The topological polar surface area (TPSA) is 76.1 Å². The number of hydrogen-bond donors (Lipinski definition) is 1. The number of methoxy groups -OCH3 is 1. The summed E-state index contributed by atoms with van der Waals surface area (Å²) in [5, 5.41) is 11.4. The van der Waals surface area contributed by atoms with Crippen molar-refractivity contribution < 1.29 is 24.2 Å². The number of unbranched alkanes of at least 4 members (excludes halogenated alkanes) is 2. The van der Waals surface area contributed by atoms with E-state index in [2.05, 4.69) is 6.92 Å². The Morgan fingerprint density at radius 1 is 0.946 bits per heavy atom. The van der Waals surface area contributed by atoms with Gasteiger partial charge in [0.15, 0.2) is 0 Å². The third-order valence-corrected chi connectivity index (χ3v) is 6.51. The lowest BCUT2D eigenvalue weighted by atomic mass is 9.94. The van der Waals surface area contributed by atoms with Gasteiger partial charge in [0, 0.05) is 16.8 Å². The quantitative estimate of drug-likeness (QED) is 0.157. The summed E-state index contributed by atoms with van der Waals surface area (Å²) in [5.41, 5.74) is 3.58. The normalized spacial score (nSPS) is 16.8. The minimum atomic E-state index is -0.859. The van der Waals surface area contributed by atoms with Crippen LogP contribution in [0.15, 0.2) is 72.3 Å². The number of carbonyl (C=O) groups excluding carboxylic acids is 2. The van der Waals surface area contributed by atoms with E-state index in [4.69, 9.17) is 9.47 Å². The van der Waals surface area contributed by atoms with Gasteiger partial charge in [-0.05, 0) is 73.9 Å². The molecule has 1 aliphatic heterocycles. The second kappa shape index (κ2) is 11.3. The van der Waals surface area contributed by atoms with Gasteiger partial charge in [-0.1, -0.05) is 44.0 Å². The van der Waals surface area contributed by atoms with Crippen LogP contribution in [0.2, 0.25) is 0 Å². The minimum Gasteiger partial charge on any atom is -0.507 e. The largest absolute Gasteiger partial charge is 0.507 e. The molecule has 192 valence electrons. The van der Waals surface area contributed by atoms with Crippen LogP contribution in [-0.2, 0) is 9.59 Å². The Kier molecular flexibility index (Phi) is 7.97. The Morgan fingerprint density at radius 3 is 2.27 bits per heavy atom. The molecule has 0 spiro atoms. The SMILES string of the molecule is CCCCCOc1ccc(/C(O)=C2\C(=O)C(=O)N(c3cc(C)cc(C)c3)C2c2ccccc2OC)cc1. The smallest absolute Gasteiger partial charge is 0.300 e. The summed E-state index contributed by atoms with van der Waals surface area (Å²) in [6.07, 6.45) is 3.18. The van der Waals surface area contributed by atoms with Gasteiger partial charge < -0.3 is 14.6 Å². The van der Waals surface area contributed by atoms with E-state index in [-0.39, 0.29) is 11.3 Å². The van der Waals surface area contributed by atoms with E-state index >= 15 is 0 Å². The molecule has 1 N–H and O–H groups in total. The van der Waals surface area contributed by atoms with E-state index in [0.29, 0.717) is 34.9 Å². The monoisotopic (exact) mass is 499 g/mol. The maximum Gasteiger partial charge on any atom is 0.300 e. The molecule has 4 rings (SSSR count). The molecule has 1 heterocycles. The van der Waals surface area contributed by atoms with Crippen LogP contribution < -0.4 is 14.4 Å². The highest BCUT2D eigenvalue weighted by atomic mass is 16.5. The molecule has 1 amide bonds. The first-order valence-corrected chi connectivity index (χ1v) is 12.6. The summed E-state index contributed by atoms with van der Waals surface area (Å²) >= 11 is 0. The Bertz CT molecular complexity index is 1310. The number of benzene rings is 3. The summed E-state index contributed by atoms with van der Waals surface area (Å²) in [4.78, 5) is 28.4. The van der Waals surface area contributed by atoms with Crippen molar-refractivity contribution in [2.24, 2.45) is 0 Å². The molecule has 1 unspecified atom stereocenters. The van der Waals surface area contributed by atoms with Crippen LogP contribution in [0, 0.1) is 13.8 Å². The summed E-state index contributed by atoms with van der Waals surface area (Å²) < 4.78 is 11.4. The molecule has 0 aromatic heterocycles. The van der Waals surface area contributed by atoms with Gasteiger partial charge >= 0.3 is 0 Å². The molecule has 37 heavy (non-hydrogen) atoms. The third-order valence-electron chi connectivity index (χ3n) is 6.51. The highest BCUT2D eigenvalue weighted by Gasteiger charge is 2.48. The van der Waals surface area contributed by atoms with Crippen LogP contribution in [0.5, 0.6) is 11.5 Å². The lowest BCUT2D eigenvalue weighted by molar-refractivity contribution is -0.132. The average molecular weight is 500 g/mol. The van der Waals surface area contributed by atoms with Crippen molar-refractivity contribution in [2.45, 2.75) is 46.1 Å². The second-order valence-electron chi connectivity index (χ2n) is 9.34. The molecule has 0 aliphatic carbocycles. The first-order chi connectivity index (χ1) is 17.8. The number of ether oxygens (including phenoxy) is 2. The van der Waals surface area contributed by atoms with Crippen LogP contribution >= 0.6 is 0 Å². The zero-order valence-electron chi connectivity index (χ0n) is 21.8. The van der Waals surface area contributed by atoms with Crippen molar-refractivity contribution in [1.29, 1.82) is 0 Å². The Labute approximate surface area is 218 Å². The maximum atomic E-state index is 13.5. The Morgan fingerprint density at radius 2 is 1.62 bits per heavy atom. The van der Waals surface area contributed by atoms with Gasteiger partial charge in [-0.2, -0.15) is 0 Å². The molecular weight excluding hydrogens is 466 g/mol. The number of aliphatic hydroxyl groups excluding tert-OH is 1. The van der Waals surface area contributed by atoms with E-state index in [0.717, 1.165) is 30.4 Å². The Hall–Kier alpha value is -4.06. The molecule has 1 atom stereocenters. The number of carbonyl (C=O) groups is 2. The predicted molar refractivity (Wildman–Crippen MR) is 145 cm³/mol. The molecule has 1 saturated heterocycles. The standard InChI is InChI=1S/C31H33NO5/c1-5-6-9-16-37-24-14-12-22(13-15-24)29(33)27-28(25-10-7-8-11-26(25)36-4)32(31(35)30(27)34)23-18-20(2)17-21(3)19-23/h7-8,10-15,17-19,28,33H,5-6,9,16H2,1-4H3/b29-27+. The molecule has 1 aliphatic rings. The van der Waals surface area contributed by atoms with Crippen LogP contribution in [-0.4, -0.2) is 30.5 Å². The van der Waals surface area contributed by atoms with Gasteiger partial charge in [-0.15, -0.1) is 0 Å². The zero-order chi connectivity index (χ0) is 26.5. The summed E-state index contributed by atoms with van der Waals surface area (Å²) in [6.45, 7) is 6.64. The number of aryl methyl sites for hydroxylation is 2. The van der Waals surface area contributed by atoms with Crippen molar-refractivity contribution in [3.05, 3.63) is 94.6 Å². The molecule has 0 bridgehead atoms. The molecule has 6 nitrogen and oxygen atoms in total. The van der Waals surface area contributed by atoms with Gasteiger partial charge in [0.2, 0.25) is 0 Å².